The van der Waals surface area contributed by atoms with Crippen LogP contribution in [0.5, 0.6) is 0 Å². The van der Waals surface area contributed by atoms with Crippen molar-refractivity contribution in [3.63, 3.8) is 0 Å². The lowest BCUT2D eigenvalue weighted by molar-refractivity contribution is 0.188. The summed E-state index contributed by atoms with van der Waals surface area (Å²) in [6.45, 7) is 11.4. The van der Waals surface area contributed by atoms with Gasteiger partial charge in [-0.2, -0.15) is 0 Å². The SMILES string of the molecule is CCNC(CCN1C(C)CCC1CC)c1cccc(C)c1. The molecule has 0 aliphatic carbocycles. The molecule has 1 heterocycles. The number of hydrogen-bond donors (Lipinski definition) is 1. The van der Waals surface area contributed by atoms with Crippen LogP contribution in [0, 0.1) is 6.92 Å². The van der Waals surface area contributed by atoms with Gasteiger partial charge in [-0.25, -0.2) is 0 Å². The van der Waals surface area contributed by atoms with E-state index < -0.39 is 0 Å². The number of benzene rings is 1. The van der Waals surface area contributed by atoms with Crippen molar-refractivity contribution in [1.82, 2.24) is 10.2 Å². The molecule has 0 amide bonds. The van der Waals surface area contributed by atoms with E-state index in [-0.39, 0.29) is 0 Å². The van der Waals surface area contributed by atoms with Crippen LogP contribution in [0.2, 0.25) is 0 Å². The van der Waals surface area contributed by atoms with Gasteiger partial charge < -0.3 is 5.32 Å². The van der Waals surface area contributed by atoms with Crippen LogP contribution in [0.4, 0.5) is 0 Å². The largest absolute Gasteiger partial charge is 0.310 e. The summed E-state index contributed by atoms with van der Waals surface area (Å²) in [7, 11) is 0. The maximum Gasteiger partial charge on any atom is 0.0332 e. The topological polar surface area (TPSA) is 15.3 Å². The zero-order valence-electron chi connectivity index (χ0n) is 14.2. The number of nitrogens with zero attached hydrogens (tertiary/aromatic N) is 1. The van der Waals surface area contributed by atoms with Crippen molar-refractivity contribution in [2.24, 2.45) is 0 Å². The van der Waals surface area contributed by atoms with Gasteiger partial charge in [0, 0.05) is 24.7 Å². The summed E-state index contributed by atoms with van der Waals surface area (Å²) in [4.78, 5) is 2.74. The molecule has 0 saturated carbocycles. The third-order valence-corrected chi connectivity index (χ3v) is 5.00. The van der Waals surface area contributed by atoms with Gasteiger partial charge in [-0.15, -0.1) is 0 Å². The van der Waals surface area contributed by atoms with Crippen LogP contribution in [0.15, 0.2) is 24.3 Å². The Hall–Kier alpha value is -0.860. The number of rotatable bonds is 7. The highest BCUT2D eigenvalue weighted by Crippen LogP contribution is 2.28. The molecule has 2 rings (SSSR count). The Kier molecular flexibility index (Phi) is 6.25. The van der Waals surface area contributed by atoms with Crippen molar-refractivity contribution in [2.75, 3.05) is 13.1 Å². The van der Waals surface area contributed by atoms with E-state index in [4.69, 9.17) is 0 Å². The van der Waals surface area contributed by atoms with Gasteiger partial charge in [-0.1, -0.05) is 43.7 Å². The zero-order chi connectivity index (χ0) is 15.2. The molecule has 2 nitrogen and oxygen atoms in total. The fourth-order valence-electron chi connectivity index (χ4n) is 3.76. The van der Waals surface area contributed by atoms with Crippen molar-refractivity contribution in [2.45, 2.75) is 71.5 Å². The summed E-state index contributed by atoms with van der Waals surface area (Å²) in [5.74, 6) is 0. The standard InChI is InChI=1S/C19H32N2/c1-5-18-11-10-16(4)21(18)13-12-19(20-6-2)17-9-7-8-15(3)14-17/h7-9,14,16,18-20H,5-6,10-13H2,1-4H3. The average Bonchev–Trinajstić information content (AvgIpc) is 2.84. The Morgan fingerprint density at radius 3 is 2.76 bits per heavy atom. The first-order chi connectivity index (χ1) is 10.2. The normalized spacial score (nSPS) is 24.4. The maximum atomic E-state index is 3.67. The van der Waals surface area contributed by atoms with Gasteiger partial charge in [0.2, 0.25) is 0 Å². The smallest absolute Gasteiger partial charge is 0.0332 e. The molecule has 0 radical (unpaired) electrons. The molecule has 0 bridgehead atoms. The lowest BCUT2D eigenvalue weighted by Crippen LogP contribution is -2.37. The van der Waals surface area contributed by atoms with E-state index in [1.165, 1.54) is 43.4 Å². The minimum atomic E-state index is 0.486. The Balaban J connectivity index is 2.00. The molecule has 1 N–H and O–H groups in total. The molecule has 3 atom stereocenters. The van der Waals surface area contributed by atoms with Gasteiger partial charge in [0.1, 0.15) is 0 Å². The summed E-state index contributed by atoms with van der Waals surface area (Å²) in [6, 6.07) is 11.0. The number of hydrogen-bond acceptors (Lipinski definition) is 2. The molecule has 1 aliphatic rings. The summed E-state index contributed by atoms with van der Waals surface area (Å²) >= 11 is 0. The first-order valence-electron chi connectivity index (χ1n) is 8.71. The van der Waals surface area contributed by atoms with Gasteiger partial charge in [-0.05, 0) is 51.6 Å². The molecule has 0 spiro atoms. The van der Waals surface area contributed by atoms with Crippen molar-refractivity contribution in [3.8, 4) is 0 Å². The lowest BCUT2D eigenvalue weighted by atomic mass is 10.0. The second kappa shape index (κ2) is 7.95. The van der Waals surface area contributed by atoms with E-state index in [0.29, 0.717) is 6.04 Å². The van der Waals surface area contributed by atoms with Gasteiger partial charge in [0.15, 0.2) is 0 Å². The van der Waals surface area contributed by atoms with Gasteiger partial charge in [-0.3, -0.25) is 4.90 Å². The van der Waals surface area contributed by atoms with Crippen LogP contribution in [-0.4, -0.2) is 30.1 Å². The summed E-state index contributed by atoms with van der Waals surface area (Å²) in [5, 5.41) is 3.67. The lowest BCUT2D eigenvalue weighted by Gasteiger charge is -2.30. The molecule has 1 saturated heterocycles. The molecule has 3 unspecified atom stereocenters. The Bertz CT molecular complexity index is 429. The minimum Gasteiger partial charge on any atom is -0.310 e. The van der Waals surface area contributed by atoms with E-state index in [1.54, 1.807) is 0 Å². The molecule has 0 aromatic heterocycles. The minimum absolute atomic E-state index is 0.486. The Labute approximate surface area is 130 Å². The third kappa shape index (κ3) is 4.31. The van der Waals surface area contributed by atoms with E-state index in [9.17, 15) is 0 Å². The monoisotopic (exact) mass is 288 g/mol. The highest BCUT2D eigenvalue weighted by Gasteiger charge is 2.29. The number of nitrogens with one attached hydrogen (secondary N) is 1. The van der Waals surface area contributed by atoms with Crippen molar-refractivity contribution in [3.05, 3.63) is 35.4 Å². The fourth-order valence-corrected chi connectivity index (χ4v) is 3.76. The highest BCUT2D eigenvalue weighted by molar-refractivity contribution is 5.25. The summed E-state index contributed by atoms with van der Waals surface area (Å²) < 4.78 is 0. The van der Waals surface area contributed by atoms with Gasteiger partial charge >= 0.3 is 0 Å². The maximum absolute atomic E-state index is 3.67. The van der Waals surface area contributed by atoms with Gasteiger partial charge in [0.25, 0.3) is 0 Å². The predicted molar refractivity (Wildman–Crippen MR) is 91.7 cm³/mol. The summed E-state index contributed by atoms with van der Waals surface area (Å²) in [5.41, 5.74) is 2.80. The molecule has 1 aromatic carbocycles. The van der Waals surface area contributed by atoms with Crippen LogP contribution >= 0.6 is 0 Å². The molecular weight excluding hydrogens is 256 g/mol. The van der Waals surface area contributed by atoms with Crippen LogP contribution in [-0.2, 0) is 0 Å². The van der Waals surface area contributed by atoms with Crippen LogP contribution in [0.3, 0.4) is 0 Å². The molecule has 2 heteroatoms. The Morgan fingerprint density at radius 1 is 1.29 bits per heavy atom. The molecule has 118 valence electrons. The second-order valence-corrected chi connectivity index (χ2v) is 6.54. The van der Waals surface area contributed by atoms with Crippen molar-refractivity contribution in [1.29, 1.82) is 0 Å². The third-order valence-electron chi connectivity index (χ3n) is 5.00. The summed E-state index contributed by atoms with van der Waals surface area (Å²) in [6.07, 6.45) is 5.25. The molecule has 1 aromatic rings. The van der Waals surface area contributed by atoms with Crippen molar-refractivity contribution < 1.29 is 0 Å². The average molecular weight is 288 g/mol. The highest BCUT2D eigenvalue weighted by atomic mass is 15.2. The first kappa shape index (κ1) is 16.5. The van der Waals surface area contributed by atoms with E-state index in [2.05, 4.69) is 62.2 Å². The number of aryl methyl sites for hydroxylation is 1. The van der Waals surface area contributed by atoms with Crippen LogP contribution < -0.4 is 5.32 Å². The van der Waals surface area contributed by atoms with E-state index in [1.807, 2.05) is 0 Å². The first-order valence-corrected chi connectivity index (χ1v) is 8.71. The fraction of sp³-hybridized carbons (Fsp3) is 0.684. The zero-order valence-corrected chi connectivity index (χ0v) is 14.2. The predicted octanol–water partition coefficient (Wildman–Crippen LogP) is 4.30. The molecule has 1 fully saturated rings. The van der Waals surface area contributed by atoms with E-state index >= 15 is 0 Å². The second-order valence-electron chi connectivity index (χ2n) is 6.54. The van der Waals surface area contributed by atoms with Crippen LogP contribution in [0.25, 0.3) is 0 Å². The Morgan fingerprint density at radius 2 is 2.10 bits per heavy atom. The van der Waals surface area contributed by atoms with Crippen molar-refractivity contribution >= 4 is 0 Å². The molecule has 21 heavy (non-hydrogen) atoms. The van der Waals surface area contributed by atoms with Gasteiger partial charge in [0.05, 0.1) is 0 Å². The van der Waals surface area contributed by atoms with E-state index in [0.717, 1.165) is 18.6 Å². The molecular formula is C19H32N2. The molecule has 1 aliphatic heterocycles. The number of likely N-dealkylation sites (tertiary alicyclic amines) is 1. The quantitative estimate of drug-likeness (QED) is 0.805. The van der Waals surface area contributed by atoms with Crippen LogP contribution in [0.1, 0.15) is 63.6 Å².